The number of halogens is 3. The summed E-state index contributed by atoms with van der Waals surface area (Å²) < 4.78 is 36.6. The molecule has 2 N–H and O–H groups in total. The maximum Gasteiger partial charge on any atom is 0.401 e. The molecule has 1 aliphatic heterocycles. The monoisotopic (exact) mass is 279 g/mol. The predicted molar refractivity (Wildman–Crippen MR) is 64.7 cm³/mol. The van der Waals surface area contributed by atoms with Crippen LogP contribution in [0.2, 0.25) is 0 Å². The van der Waals surface area contributed by atoms with Crippen LogP contribution >= 0.6 is 0 Å². The minimum atomic E-state index is -4.12. The normalized spacial score (nSPS) is 22.5. The summed E-state index contributed by atoms with van der Waals surface area (Å²) in [5, 5.41) is 5.99. The van der Waals surface area contributed by atoms with Crippen LogP contribution in [0.25, 0.3) is 0 Å². The molecule has 7 heteroatoms. The lowest BCUT2D eigenvalue weighted by Crippen LogP contribution is -2.47. The van der Waals surface area contributed by atoms with E-state index in [1.807, 2.05) is 0 Å². The van der Waals surface area contributed by atoms with Crippen molar-refractivity contribution in [1.82, 2.24) is 15.5 Å². The Hall–Kier alpha value is -0.820. The first-order valence-corrected chi connectivity index (χ1v) is 6.74. The lowest BCUT2D eigenvalue weighted by molar-refractivity contribution is -0.148. The lowest BCUT2D eigenvalue weighted by Gasteiger charge is -2.32. The van der Waals surface area contributed by atoms with Gasteiger partial charge in [-0.05, 0) is 38.8 Å². The number of carbonyl (C=O) groups is 1. The Bertz CT molecular complexity index is 310. The molecule has 0 aromatic carbocycles. The van der Waals surface area contributed by atoms with E-state index in [9.17, 15) is 18.0 Å². The fourth-order valence-corrected chi connectivity index (χ4v) is 2.29. The Kier molecular flexibility index (Phi) is 4.67. The van der Waals surface area contributed by atoms with Gasteiger partial charge in [0.25, 0.3) is 0 Å². The fourth-order valence-electron chi connectivity index (χ4n) is 2.29. The molecular formula is C12H20F3N3O. The van der Waals surface area contributed by atoms with Crippen molar-refractivity contribution in [2.24, 2.45) is 0 Å². The molecule has 1 saturated carbocycles. The van der Waals surface area contributed by atoms with E-state index < -0.39 is 12.7 Å². The van der Waals surface area contributed by atoms with Gasteiger partial charge in [0, 0.05) is 12.1 Å². The number of piperidine rings is 1. The molecule has 0 radical (unpaired) electrons. The first kappa shape index (κ1) is 14.6. The molecule has 110 valence electrons. The Balaban J connectivity index is 1.59. The van der Waals surface area contributed by atoms with E-state index in [2.05, 4.69) is 10.6 Å². The van der Waals surface area contributed by atoms with Crippen LogP contribution in [-0.2, 0) is 4.79 Å². The van der Waals surface area contributed by atoms with E-state index in [0.29, 0.717) is 32.0 Å². The minimum Gasteiger partial charge on any atom is -0.352 e. The lowest BCUT2D eigenvalue weighted by atomic mass is 10.1. The minimum absolute atomic E-state index is 0.0137. The highest BCUT2D eigenvalue weighted by atomic mass is 19.4. The highest BCUT2D eigenvalue weighted by Crippen LogP contribution is 2.20. The zero-order chi connectivity index (χ0) is 13.9. The number of carbonyl (C=O) groups excluding carboxylic acids is 1. The standard InChI is InChI=1S/C12H20F3N3O/c13-12(14,15)8-18-5-3-9(4-6-18)16-7-11(19)17-10-1-2-10/h9-10,16H,1-8H2,(H,17,19). The number of rotatable bonds is 5. The second-order valence-electron chi connectivity index (χ2n) is 5.39. The highest BCUT2D eigenvalue weighted by Gasteiger charge is 2.32. The molecule has 0 bridgehead atoms. The molecule has 1 aliphatic carbocycles. The number of amides is 1. The largest absolute Gasteiger partial charge is 0.401 e. The molecule has 0 unspecified atom stereocenters. The molecule has 2 fully saturated rings. The molecule has 1 saturated heterocycles. The third-order valence-electron chi connectivity index (χ3n) is 3.48. The van der Waals surface area contributed by atoms with Crippen LogP contribution in [-0.4, -0.2) is 55.2 Å². The van der Waals surface area contributed by atoms with Crippen LogP contribution < -0.4 is 10.6 Å². The van der Waals surface area contributed by atoms with Gasteiger partial charge in [0.05, 0.1) is 13.1 Å². The van der Waals surface area contributed by atoms with Crippen molar-refractivity contribution in [2.45, 2.75) is 43.9 Å². The molecule has 2 aliphatic rings. The molecule has 19 heavy (non-hydrogen) atoms. The second-order valence-corrected chi connectivity index (χ2v) is 5.39. The van der Waals surface area contributed by atoms with Crippen molar-refractivity contribution in [3.63, 3.8) is 0 Å². The number of nitrogens with zero attached hydrogens (tertiary/aromatic N) is 1. The third-order valence-corrected chi connectivity index (χ3v) is 3.48. The van der Waals surface area contributed by atoms with Gasteiger partial charge in [0.1, 0.15) is 0 Å². The average molecular weight is 279 g/mol. The van der Waals surface area contributed by atoms with E-state index in [1.165, 1.54) is 4.90 Å². The number of hydrogen-bond donors (Lipinski definition) is 2. The number of alkyl halides is 3. The van der Waals surface area contributed by atoms with Crippen LogP contribution in [0.4, 0.5) is 13.2 Å². The summed E-state index contributed by atoms with van der Waals surface area (Å²) >= 11 is 0. The Morgan fingerprint density at radius 3 is 2.26 bits per heavy atom. The quantitative estimate of drug-likeness (QED) is 0.785. The summed E-state index contributed by atoms with van der Waals surface area (Å²) in [6, 6.07) is 0.498. The fraction of sp³-hybridized carbons (Fsp3) is 0.917. The highest BCUT2D eigenvalue weighted by molar-refractivity contribution is 5.78. The molecule has 1 amide bonds. The first-order chi connectivity index (χ1) is 8.92. The van der Waals surface area contributed by atoms with E-state index in [-0.39, 0.29) is 18.5 Å². The zero-order valence-electron chi connectivity index (χ0n) is 10.8. The van der Waals surface area contributed by atoms with Gasteiger partial charge < -0.3 is 10.6 Å². The molecule has 4 nitrogen and oxygen atoms in total. The van der Waals surface area contributed by atoms with Gasteiger partial charge >= 0.3 is 6.18 Å². The van der Waals surface area contributed by atoms with Gasteiger partial charge in [-0.2, -0.15) is 13.2 Å². The molecule has 0 atom stereocenters. The summed E-state index contributed by atoms with van der Waals surface area (Å²) in [5.41, 5.74) is 0. The van der Waals surface area contributed by atoms with Crippen LogP contribution in [0.1, 0.15) is 25.7 Å². The van der Waals surface area contributed by atoms with Crippen molar-refractivity contribution in [3.8, 4) is 0 Å². The first-order valence-electron chi connectivity index (χ1n) is 6.74. The summed E-state index contributed by atoms with van der Waals surface area (Å²) in [5.74, 6) is -0.0137. The topological polar surface area (TPSA) is 44.4 Å². The number of likely N-dealkylation sites (tertiary alicyclic amines) is 1. The molecule has 1 heterocycles. The van der Waals surface area contributed by atoms with Crippen LogP contribution in [0.5, 0.6) is 0 Å². The van der Waals surface area contributed by atoms with Crippen molar-refractivity contribution in [1.29, 1.82) is 0 Å². The Labute approximate surface area is 110 Å². The van der Waals surface area contributed by atoms with Gasteiger partial charge in [-0.25, -0.2) is 0 Å². The Morgan fingerprint density at radius 1 is 1.11 bits per heavy atom. The maximum absolute atomic E-state index is 12.2. The molecule has 0 aromatic heterocycles. The van der Waals surface area contributed by atoms with Crippen molar-refractivity contribution < 1.29 is 18.0 Å². The van der Waals surface area contributed by atoms with Gasteiger partial charge in [-0.3, -0.25) is 9.69 Å². The summed E-state index contributed by atoms with van der Waals surface area (Å²) in [4.78, 5) is 12.9. The summed E-state index contributed by atoms with van der Waals surface area (Å²) in [6.07, 6.45) is -0.687. The van der Waals surface area contributed by atoms with E-state index in [1.54, 1.807) is 0 Å². The zero-order valence-corrected chi connectivity index (χ0v) is 10.8. The van der Waals surface area contributed by atoms with Crippen LogP contribution in [0, 0.1) is 0 Å². The van der Waals surface area contributed by atoms with Gasteiger partial charge in [-0.1, -0.05) is 0 Å². The molecule has 0 aromatic rings. The van der Waals surface area contributed by atoms with E-state index in [4.69, 9.17) is 0 Å². The smallest absolute Gasteiger partial charge is 0.352 e. The van der Waals surface area contributed by atoms with Crippen molar-refractivity contribution >= 4 is 5.91 Å². The molecule has 0 spiro atoms. The molecular weight excluding hydrogens is 259 g/mol. The third kappa shape index (κ3) is 5.78. The average Bonchev–Trinajstić information content (AvgIpc) is 3.10. The van der Waals surface area contributed by atoms with E-state index >= 15 is 0 Å². The van der Waals surface area contributed by atoms with Crippen LogP contribution in [0.3, 0.4) is 0 Å². The molecule has 2 rings (SSSR count). The van der Waals surface area contributed by atoms with Crippen molar-refractivity contribution in [2.75, 3.05) is 26.2 Å². The number of hydrogen-bond acceptors (Lipinski definition) is 3. The maximum atomic E-state index is 12.2. The predicted octanol–water partition coefficient (Wildman–Crippen LogP) is 0.881. The van der Waals surface area contributed by atoms with Gasteiger partial charge in [-0.15, -0.1) is 0 Å². The van der Waals surface area contributed by atoms with Gasteiger partial charge in [0.2, 0.25) is 5.91 Å². The summed E-state index contributed by atoms with van der Waals surface area (Å²) in [7, 11) is 0. The Morgan fingerprint density at radius 2 is 1.74 bits per heavy atom. The second kappa shape index (κ2) is 6.09. The SMILES string of the molecule is O=C(CNC1CCN(CC(F)(F)F)CC1)NC1CC1. The number of nitrogens with one attached hydrogen (secondary N) is 2. The summed E-state index contributed by atoms with van der Waals surface area (Å²) in [6.45, 7) is 0.297. The van der Waals surface area contributed by atoms with Gasteiger partial charge in [0.15, 0.2) is 0 Å². The van der Waals surface area contributed by atoms with E-state index in [0.717, 1.165) is 12.8 Å². The van der Waals surface area contributed by atoms with Crippen molar-refractivity contribution in [3.05, 3.63) is 0 Å². The van der Waals surface area contributed by atoms with Crippen LogP contribution in [0.15, 0.2) is 0 Å².